The van der Waals surface area contributed by atoms with Crippen LogP contribution in [0.5, 0.6) is 23.0 Å². The van der Waals surface area contributed by atoms with Crippen LogP contribution in [0.3, 0.4) is 0 Å². The van der Waals surface area contributed by atoms with Crippen LogP contribution in [0.15, 0.2) is 75.9 Å². The zero-order chi connectivity index (χ0) is 25.9. The smallest absolute Gasteiger partial charge is 0.453 e. The van der Waals surface area contributed by atoms with Crippen LogP contribution < -0.4 is 19.8 Å². The van der Waals surface area contributed by atoms with Gasteiger partial charge in [0.05, 0.1) is 24.6 Å². The van der Waals surface area contributed by atoms with Crippen molar-refractivity contribution in [3.63, 3.8) is 0 Å². The van der Waals surface area contributed by atoms with E-state index in [1.54, 1.807) is 19.1 Å². The lowest BCUT2D eigenvalue weighted by Gasteiger charge is -2.18. The summed E-state index contributed by atoms with van der Waals surface area (Å²) in [6, 6.07) is 18.1. The van der Waals surface area contributed by atoms with Gasteiger partial charge in [-0.1, -0.05) is 42.5 Å². The molecule has 1 atom stereocenters. The number of halogens is 3. The fourth-order valence-electron chi connectivity index (χ4n) is 3.96. The van der Waals surface area contributed by atoms with E-state index in [4.69, 9.17) is 13.9 Å². The van der Waals surface area contributed by atoms with Gasteiger partial charge in [-0.15, -0.1) is 0 Å². The number of fused-ring (bicyclic) bond motifs is 1. The molecule has 1 heterocycles. The molecule has 6 nitrogen and oxygen atoms in total. The number of aromatic hydroxyl groups is 1. The van der Waals surface area contributed by atoms with Crippen molar-refractivity contribution in [1.82, 2.24) is 0 Å². The second-order valence-corrected chi connectivity index (χ2v) is 8.31. The minimum atomic E-state index is -5.03. The van der Waals surface area contributed by atoms with Crippen LogP contribution in [0.2, 0.25) is 0 Å². The van der Waals surface area contributed by atoms with Gasteiger partial charge >= 0.3 is 6.18 Å². The van der Waals surface area contributed by atoms with E-state index in [0.29, 0.717) is 6.54 Å². The number of ether oxygens (including phenoxy) is 2. The summed E-state index contributed by atoms with van der Waals surface area (Å²) in [5.74, 6) is -2.71. The van der Waals surface area contributed by atoms with Crippen LogP contribution in [0, 0.1) is 0 Å². The maximum absolute atomic E-state index is 14.1. The van der Waals surface area contributed by atoms with Gasteiger partial charge in [0, 0.05) is 5.56 Å². The van der Waals surface area contributed by atoms with E-state index in [0.717, 1.165) is 10.5 Å². The lowest BCUT2D eigenvalue weighted by Crippen LogP contribution is -3.06. The Labute approximate surface area is 205 Å². The molecule has 0 aliphatic heterocycles. The first-order valence-corrected chi connectivity index (χ1v) is 11.3. The molecule has 188 valence electrons. The van der Waals surface area contributed by atoms with Gasteiger partial charge in [-0.25, -0.2) is 0 Å². The molecule has 4 rings (SSSR count). The fraction of sp³-hybridized carbons (Fsp3) is 0.222. The zero-order valence-electron chi connectivity index (χ0n) is 19.7. The largest absolute Gasteiger partial charge is 0.507 e. The summed E-state index contributed by atoms with van der Waals surface area (Å²) >= 11 is 0. The lowest BCUT2D eigenvalue weighted by molar-refractivity contribution is -0.907. The number of quaternary nitrogens is 1. The second-order valence-electron chi connectivity index (χ2n) is 8.31. The molecule has 0 spiro atoms. The van der Waals surface area contributed by atoms with Gasteiger partial charge in [0.1, 0.15) is 18.8 Å². The van der Waals surface area contributed by atoms with Crippen molar-refractivity contribution in [2.45, 2.75) is 26.2 Å². The Kier molecular flexibility index (Phi) is 7.21. The number of rotatable bonds is 8. The Bertz CT molecular complexity index is 1420. The Balaban J connectivity index is 1.82. The zero-order valence-corrected chi connectivity index (χ0v) is 19.7. The Morgan fingerprint density at radius 2 is 1.61 bits per heavy atom. The first-order valence-electron chi connectivity index (χ1n) is 11.3. The summed E-state index contributed by atoms with van der Waals surface area (Å²) in [5.41, 5.74) is -0.220. The van der Waals surface area contributed by atoms with E-state index in [2.05, 4.69) is 0 Å². The molecular formula is C27H25F3NO5+. The van der Waals surface area contributed by atoms with Gasteiger partial charge in [0.15, 0.2) is 17.1 Å². The highest BCUT2D eigenvalue weighted by atomic mass is 19.4. The average molecular weight is 500 g/mol. The standard InChI is InChI=1S/C27H24F3NO5/c1-3-34-21-11-7-8-12-22(21)35-25-23(33)18-13-14-20(32)19(24(18)36-26(25)27(28,29)30)16-31(2)15-17-9-5-4-6-10-17/h4-14,32H,3,15-16H2,1-2H3/p+1. The number of hydrogen-bond acceptors (Lipinski definition) is 5. The highest BCUT2D eigenvalue weighted by molar-refractivity contribution is 5.83. The van der Waals surface area contributed by atoms with Crippen molar-refractivity contribution in [3.8, 4) is 23.0 Å². The molecule has 0 radical (unpaired) electrons. The summed E-state index contributed by atoms with van der Waals surface area (Å²) in [4.78, 5) is 14.2. The maximum Gasteiger partial charge on any atom is 0.453 e. The molecule has 0 saturated carbocycles. The summed E-state index contributed by atoms with van der Waals surface area (Å²) < 4.78 is 58.4. The number of phenols is 1. The van der Waals surface area contributed by atoms with Crippen LogP contribution in [0.1, 0.15) is 23.8 Å². The summed E-state index contributed by atoms with van der Waals surface area (Å²) in [6.45, 7) is 2.63. The highest BCUT2D eigenvalue weighted by Crippen LogP contribution is 2.41. The summed E-state index contributed by atoms with van der Waals surface area (Å²) in [7, 11) is 1.83. The molecule has 36 heavy (non-hydrogen) atoms. The molecule has 4 aromatic rings. The predicted octanol–water partition coefficient (Wildman–Crippen LogP) is 4.92. The van der Waals surface area contributed by atoms with Crippen molar-refractivity contribution >= 4 is 11.0 Å². The number of hydrogen-bond donors (Lipinski definition) is 2. The minimum absolute atomic E-state index is 0.0532. The van der Waals surface area contributed by atoms with E-state index in [1.165, 1.54) is 24.3 Å². The van der Waals surface area contributed by atoms with Crippen molar-refractivity contribution in [1.29, 1.82) is 0 Å². The molecule has 0 saturated heterocycles. The molecule has 0 amide bonds. The van der Waals surface area contributed by atoms with Crippen molar-refractivity contribution in [2.24, 2.45) is 0 Å². The van der Waals surface area contributed by atoms with Gasteiger partial charge in [0.2, 0.25) is 11.2 Å². The first kappa shape index (κ1) is 25.1. The summed E-state index contributed by atoms with van der Waals surface area (Å²) in [5, 5.41) is 10.4. The third kappa shape index (κ3) is 5.31. The van der Waals surface area contributed by atoms with Crippen LogP contribution in [0.25, 0.3) is 11.0 Å². The van der Waals surface area contributed by atoms with Gasteiger partial charge in [-0.2, -0.15) is 13.2 Å². The Morgan fingerprint density at radius 1 is 0.944 bits per heavy atom. The average Bonchev–Trinajstić information content (AvgIpc) is 2.83. The van der Waals surface area contributed by atoms with Gasteiger partial charge in [-0.05, 0) is 31.2 Å². The van der Waals surface area contributed by atoms with Gasteiger partial charge in [-0.3, -0.25) is 4.79 Å². The molecule has 2 N–H and O–H groups in total. The second kappa shape index (κ2) is 10.3. The van der Waals surface area contributed by atoms with Gasteiger partial charge in [0.25, 0.3) is 5.76 Å². The van der Waals surface area contributed by atoms with E-state index in [1.807, 2.05) is 37.4 Å². The third-order valence-electron chi connectivity index (χ3n) is 5.54. The third-order valence-corrected chi connectivity index (χ3v) is 5.54. The molecule has 1 unspecified atom stereocenters. The molecule has 9 heteroatoms. The minimum Gasteiger partial charge on any atom is -0.507 e. The summed E-state index contributed by atoms with van der Waals surface area (Å²) in [6.07, 6.45) is -5.03. The molecular weight excluding hydrogens is 475 g/mol. The van der Waals surface area contributed by atoms with E-state index in [9.17, 15) is 23.1 Å². The predicted molar refractivity (Wildman–Crippen MR) is 128 cm³/mol. The first-order chi connectivity index (χ1) is 17.2. The molecule has 3 aromatic carbocycles. The molecule has 1 aromatic heterocycles. The quantitative estimate of drug-likeness (QED) is 0.359. The van der Waals surface area contributed by atoms with Crippen LogP contribution in [-0.2, 0) is 19.3 Å². The van der Waals surface area contributed by atoms with Crippen molar-refractivity contribution in [3.05, 3.63) is 93.8 Å². The molecule has 0 aliphatic carbocycles. The molecule has 0 fully saturated rings. The van der Waals surface area contributed by atoms with E-state index < -0.39 is 23.1 Å². The van der Waals surface area contributed by atoms with Gasteiger partial charge < -0.3 is 23.9 Å². The van der Waals surface area contributed by atoms with Crippen LogP contribution in [0.4, 0.5) is 13.2 Å². The SMILES string of the molecule is CCOc1ccccc1Oc1c(C(F)(F)F)oc2c(C[NH+](C)Cc3ccccc3)c(O)ccc2c1=O. The fourth-order valence-corrected chi connectivity index (χ4v) is 3.96. The molecule has 0 bridgehead atoms. The number of para-hydroxylation sites is 2. The Morgan fingerprint density at radius 3 is 2.28 bits per heavy atom. The topological polar surface area (TPSA) is 73.3 Å². The number of nitrogens with one attached hydrogen (secondary N) is 1. The van der Waals surface area contributed by atoms with Crippen molar-refractivity contribution in [2.75, 3.05) is 13.7 Å². The monoisotopic (exact) mass is 500 g/mol. The number of benzene rings is 3. The van der Waals surface area contributed by atoms with E-state index in [-0.39, 0.29) is 46.9 Å². The highest BCUT2D eigenvalue weighted by Gasteiger charge is 2.41. The number of alkyl halides is 3. The van der Waals surface area contributed by atoms with E-state index >= 15 is 0 Å². The molecule has 0 aliphatic rings. The van der Waals surface area contributed by atoms with Crippen LogP contribution in [-0.4, -0.2) is 18.8 Å². The number of phenolic OH excluding ortho intramolecular Hbond substituents is 1. The normalized spacial score (nSPS) is 12.5. The Hall–Kier alpha value is -3.98. The maximum atomic E-state index is 14.1. The lowest BCUT2D eigenvalue weighted by atomic mass is 10.1. The van der Waals surface area contributed by atoms with Crippen molar-refractivity contribution < 1.29 is 37.1 Å². The van der Waals surface area contributed by atoms with Crippen LogP contribution >= 0.6 is 0 Å².